The lowest BCUT2D eigenvalue weighted by Gasteiger charge is -2.25. The second kappa shape index (κ2) is 6.17. The van der Waals surface area contributed by atoms with Crippen LogP contribution in [0, 0.1) is 0 Å². The first-order valence-electron chi connectivity index (χ1n) is 6.49. The fourth-order valence-electron chi connectivity index (χ4n) is 1.96. The number of rotatable bonds is 7. The van der Waals surface area contributed by atoms with Crippen LogP contribution < -0.4 is 5.32 Å². The summed E-state index contributed by atoms with van der Waals surface area (Å²) in [6.45, 7) is 7.57. The first-order valence-corrected chi connectivity index (χ1v) is 6.49. The van der Waals surface area contributed by atoms with Gasteiger partial charge in [0.25, 0.3) is 0 Å². The molecule has 0 saturated heterocycles. The number of hydrogen-bond acceptors (Lipinski definition) is 3. The highest BCUT2D eigenvalue weighted by Crippen LogP contribution is 2.13. The summed E-state index contributed by atoms with van der Waals surface area (Å²) in [5.74, 6) is 0. The third kappa shape index (κ3) is 3.82. The molecule has 4 nitrogen and oxygen atoms in total. The van der Waals surface area contributed by atoms with Gasteiger partial charge in [-0.2, -0.15) is 5.10 Å². The van der Waals surface area contributed by atoms with Crippen molar-refractivity contribution in [1.29, 1.82) is 0 Å². The minimum atomic E-state index is -0.575. The third-order valence-electron chi connectivity index (χ3n) is 3.41. The van der Waals surface area contributed by atoms with Crippen LogP contribution >= 0.6 is 0 Å². The number of aromatic nitrogens is 2. The quantitative estimate of drug-likeness (QED) is 0.760. The molecule has 0 aromatic carbocycles. The van der Waals surface area contributed by atoms with Crippen LogP contribution in [0.25, 0.3) is 0 Å². The van der Waals surface area contributed by atoms with Crippen LogP contribution in [-0.2, 0) is 20.0 Å². The van der Waals surface area contributed by atoms with Crippen molar-refractivity contribution in [2.75, 3.05) is 6.54 Å². The van der Waals surface area contributed by atoms with Crippen molar-refractivity contribution in [3.63, 3.8) is 0 Å². The van der Waals surface area contributed by atoms with E-state index in [1.807, 2.05) is 31.8 Å². The highest BCUT2D eigenvalue weighted by molar-refractivity contribution is 5.16. The zero-order chi connectivity index (χ0) is 12.9. The summed E-state index contributed by atoms with van der Waals surface area (Å²) in [6, 6.07) is 0. The molecular formula is C13H25N3O. The normalized spacial score (nSPS) is 12.1. The fraction of sp³-hybridized carbons (Fsp3) is 0.769. The summed E-state index contributed by atoms with van der Waals surface area (Å²) in [6.07, 6.45) is 4.56. The monoisotopic (exact) mass is 239 g/mol. The molecule has 0 bridgehead atoms. The SMILES string of the molecule is CCc1nn(C)cc1CNCC(O)(CC)CC. The zero-order valence-corrected chi connectivity index (χ0v) is 11.5. The van der Waals surface area contributed by atoms with Crippen molar-refractivity contribution < 1.29 is 5.11 Å². The predicted octanol–water partition coefficient (Wildman–Crippen LogP) is 1.62. The summed E-state index contributed by atoms with van der Waals surface area (Å²) in [5.41, 5.74) is 1.79. The lowest BCUT2D eigenvalue weighted by molar-refractivity contribution is 0.0323. The van der Waals surface area contributed by atoms with E-state index in [4.69, 9.17) is 0 Å². The van der Waals surface area contributed by atoms with Gasteiger partial charge in [0.05, 0.1) is 11.3 Å². The van der Waals surface area contributed by atoms with Gasteiger partial charge in [0.1, 0.15) is 0 Å². The first kappa shape index (κ1) is 14.2. The molecule has 0 aliphatic rings. The van der Waals surface area contributed by atoms with Crippen LogP contribution in [0.3, 0.4) is 0 Å². The van der Waals surface area contributed by atoms with Crippen molar-refractivity contribution in [2.24, 2.45) is 7.05 Å². The molecule has 1 aromatic rings. The number of hydrogen-bond donors (Lipinski definition) is 2. The fourth-order valence-corrected chi connectivity index (χ4v) is 1.96. The molecule has 98 valence electrons. The minimum absolute atomic E-state index is 0.575. The van der Waals surface area contributed by atoms with Crippen LogP contribution in [0.4, 0.5) is 0 Å². The standard InChI is InChI=1S/C13H25N3O/c1-5-12-11(9-16(4)15-12)8-14-10-13(17,6-2)7-3/h9,14,17H,5-8,10H2,1-4H3. The summed E-state index contributed by atoms with van der Waals surface area (Å²) in [7, 11) is 1.94. The second-order valence-electron chi connectivity index (χ2n) is 4.66. The van der Waals surface area contributed by atoms with Crippen LogP contribution in [-0.4, -0.2) is 27.0 Å². The van der Waals surface area contributed by atoms with Gasteiger partial charge in [0, 0.05) is 31.9 Å². The van der Waals surface area contributed by atoms with Gasteiger partial charge in [-0.25, -0.2) is 0 Å². The summed E-state index contributed by atoms with van der Waals surface area (Å²) >= 11 is 0. The Bertz CT molecular complexity index is 342. The molecule has 0 aliphatic heterocycles. The van der Waals surface area contributed by atoms with Gasteiger partial charge in [-0.05, 0) is 19.3 Å². The number of nitrogens with one attached hydrogen (secondary N) is 1. The molecule has 0 amide bonds. The molecule has 1 rings (SSSR count). The van der Waals surface area contributed by atoms with Crippen LogP contribution in [0.5, 0.6) is 0 Å². The molecule has 0 unspecified atom stereocenters. The molecule has 0 atom stereocenters. The van der Waals surface area contributed by atoms with E-state index < -0.39 is 5.60 Å². The molecule has 0 saturated carbocycles. The Morgan fingerprint density at radius 2 is 2.00 bits per heavy atom. The van der Waals surface area contributed by atoms with E-state index in [0.29, 0.717) is 6.54 Å². The summed E-state index contributed by atoms with van der Waals surface area (Å²) in [4.78, 5) is 0. The molecule has 0 spiro atoms. The molecular weight excluding hydrogens is 214 g/mol. The molecule has 0 fully saturated rings. The number of nitrogens with zero attached hydrogens (tertiary/aromatic N) is 2. The third-order valence-corrected chi connectivity index (χ3v) is 3.41. The van der Waals surface area contributed by atoms with Gasteiger partial charge in [-0.15, -0.1) is 0 Å². The van der Waals surface area contributed by atoms with Gasteiger partial charge in [-0.1, -0.05) is 20.8 Å². The average molecular weight is 239 g/mol. The van der Waals surface area contributed by atoms with Crippen LogP contribution in [0.15, 0.2) is 6.20 Å². The van der Waals surface area contributed by atoms with E-state index in [1.54, 1.807) is 0 Å². The Labute approximate surface area is 104 Å². The maximum atomic E-state index is 10.2. The maximum Gasteiger partial charge on any atom is 0.0766 e. The largest absolute Gasteiger partial charge is 0.389 e. The Kier molecular flexibility index (Phi) is 5.15. The summed E-state index contributed by atoms with van der Waals surface area (Å²) < 4.78 is 1.85. The van der Waals surface area contributed by atoms with Gasteiger partial charge >= 0.3 is 0 Å². The highest BCUT2D eigenvalue weighted by Gasteiger charge is 2.21. The number of aryl methyl sites for hydroxylation is 2. The average Bonchev–Trinajstić information content (AvgIpc) is 2.69. The van der Waals surface area contributed by atoms with Gasteiger partial charge in [0.2, 0.25) is 0 Å². The van der Waals surface area contributed by atoms with E-state index in [-0.39, 0.29) is 0 Å². The predicted molar refractivity (Wildman–Crippen MR) is 69.8 cm³/mol. The molecule has 0 aliphatic carbocycles. The van der Waals surface area contributed by atoms with Gasteiger partial charge in [-0.3, -0.25) is 4.68 Å². The Balaban J connectivity index is 2.50. The van der Waals surface area contributed by atoms with Crippen molar-refractivity contribution in [2.45, 2.75) is 52.2 Å². The maximum absolute atomic E-state index is 10.2. The molecule has 0 radical (unpaired) electrons. The Hall–Kier alpha value is -0.870. The lowest BCUT2D eigenvalue weighted by atomic mass is 9.97. The lowest BCUT2D eigenvalue weighted by Crippen LogP contribution is -2.39. The van der Waals surface area contributed by atoms with E-state index in [0.717, 1.165) is 31.5 Å². The summed E-state index contributed by atoms with van der Waals surface area (Å²) in [5, 5.41) is 17.9. The van der Waals surface area contributed by atoms with Crippen molar-refractivity contribution in [3.05, 3.63) is 17.5 Å². The molecule has 17 heavy (non-hydrogen) atoms. The van der Waals surface area contributed by atoms with E-state index in [1.165, 1.54) is 5.56 Å². The minimum Gasteiger partial charge on any atom is -0.389 e. The Morgan fingerprint density at radius 1 is 1.35 bits per heavy atom. The Morgan fingerprint density at radius 3 is 2.53 bits per heavy atom. The molecule has 1 aromatic heterocycles. The van der Waals surface area contributed by atoms with Crippen molar-refractivity contribution in [1.82, 2.24) is 15.1 Å². The smallest absolute Gasteiger partial charge is 0.0766 e. The van der Waals surface area contributed by atoms with Crippen molar-refractivity contribution >= 4 is 0 Å². The van der Waals surface area contributed by atoms with Crippen molar-refractivity contribution in [3.8, 4) is 0 Å². The van der Waals surface area contributed by atoms with Gasteiger partial charge in [0.15, 0.2) is 0 Å². The number of aliphatic hydroxyl groups is 1. The topological polar surface area (TPSA) is 50.1 Å². The van der Waals surface area contributed by atoms with Gasteiger partial charge < -0.3 is 10.4 Å². The highest BCUT2D eigenvalue weighted by atomic mass is 16.3. The molecule has 2 N–H and O–H groups in total. The van der Waals surface area contributed by atoms with Crippen LogP contribution in [0.1, 0.15) is 44.9 Å². The van der Waals surface area contributed by atoms with E-state index in [9.17, 15) is 5.11 Å². The zero-order valence-electron chi connectivity index (χ0n) is 11.5. The van der Waals surface area contributed by atoms with E-state index in [2.05, 4.69) is 17.3 Å². The molecule has 4 heteroatoms. The molecule has 1 heterocycles. The second-order valence-corrected chi connectivity index (χ2v) is 4.66. The van der Waals surface area contributed by atoms with Crippen LogP contribution in [0.2, 0.25) is 0 Å². The van der Waals surface area contributed by atoms with E-state index >= 15 is 0 Å². The first-order chi connectivity index (χ1) is 8.04.